The second-order valence-electron chi connectivity index (χ2n) is 12.9. The lowest BCUT2D eigenvalue weighted by atomic mass is 9.70. The number of aliphatic hydroxyl groups is 2. The van der Waals surface area contributed by atoms with E-state index in [0.29, 0.717) is 18.6 Å². The molecule has 2 aromatic carbocycles. The lowest BCUT2D eigenvalue weighted by Gasteiger charge is -2.43. The third-order valence-corrected chi connectivity index (χ3v) is 9.52. The van der Waals surface area contributed by atoms with E-state index in [-0.39, 0.29) is 11.8 Å². The Balaban J connectivity index is 0.00000139. The minimum atomic E-state index is -1.14. The average molecular weight is 653 g/mol. The summed E-state index contributed by atoms with van der Waals surface area (Å²) in [5.41, 5.74) is 3.22. The highest BCUT2D eigenvalue weighted by Gasteiger charge is 2.38. The molecule has 6 unspecified atom stereocenters. The van der Waals surface area contributed by atoms with Gasteiger partial charge in [-0.25, -0.2) is 0 Å². The fourth-order valence-corrected chi connectivity index (χ4v) is 6.26. The van der Waals surface area contributed by atoms with E-state index in [2.05, 4.69) is 75.2 Å². The van der Waals surface area contributed by atoms with Crippen molar-refractivity contribution in [1.82, 2.24) is 4.90 Å². The molecule has 2 aliphatic rings. The topological polar surface area (TPSA) is 56.2 Å². The fourth-order valence-electron chi connectivity index (χ4n) is 6.07. The van der Waals surface area contributed by atoms with E-state index in [1.54, 1.807) is 19.1 Å². The van der Waals surface area contributed by atoms with Crippen LogP contribution >= 0.6 is 11.6 Å². The predicted octanol–water partition coefficient (Wildman–Crippen LogP) is 9.17. The van der Waals surface area contributed by atoms with Crippen molar-refractivity contribution in [1.29, 1.82) is 0 Å². The molecule has 1 aliphatic carbocycles. The molecular weight excluding hydrogens is 592 g/mol. The molecule has 0 bridgehead atoms. The van der Waals surface area contributed by atoms with Crippen molar-refractivity contribution in [2.24, 2.45) is 11.8 Å². The molecule has 46 heavy (non-hydrogen) atoms. The summed E-state index contributed by atoms with van der Waals surface area (Å²) in [6.07, 6.45) is 12.1. The number of rotatable bonds is 12. The highest BCUT2D eigenvalue weighted by Crippen LogP contribution is 2.43. The molecule has 6 atom stereocenters. The molecule has 0 aromatic heterocycles. The molecule has 4 rings (SSSR count). The van der Waals surface area contributed by atoms with Gasteiger partial charge in [-0.15, -0.1) is 6.58 Å². The normalized spacial score (nSPS) is 21.6. The van der Waals surface area contributed by atoms with Gasteiger partial charge in [0.05, 0.1) is 18.4 Å². The number of aliphatic hydroxyl groups excluding tert-OH is 1. The van der Waals surface area contributed by atoms with E-state index >= 15 is 0 Å². The van der Waals surface area contributed by atoms with Crippen LogP contribution in [0.15, 0.2) is 73.9 Å². The van der Waals surface area contributed by atoms with Crippen LogP contribution in [0.25, 0.3) is 0 Å². The zero-order valence-electron chi connectivity index (χ0n) is 29.8. The third kappa shape index (κ3) is 10.7. The number of allylic oxidation sites excluding steroid dienone is 1. The van der Waals surface area contributed by atoms with Crippen LogP contribution in [-0.4, -0.2) is 61.1 Å². The van der Waals surface area contributed by atoms with E-state index < -0.39 is 11.7 Å². The van der Waals surface area contributed by atoms with E-state index in [1.807, 2.05) is 45.0 Å². The standard InChI is InChI=1S/C35H49ClN2O3.C3H6.C2H6/c1-7-10-25-19-29(36)15-17-30(25)27-22-38(32-20-28(35(4,40)8-2)14-18-34(32)41-23-27)21-26-13-16-31(26)33(39)12-9-11-24(3)37(5)6;1-3-2;1-2/h8-9,12,14-15,17-20,24,26-27,31,33,39-40H,2,7,10-11,13,16,21-23H2,1,3-6H3;3H,1H2,2H3;1-2H3/b12-9+;;. The van der Waals surface area contributed by atoms with Gasteiger partial charge >= 0.3 is 0 Å². The van der Waals surface area contributed by atoms with Gasteiger partial charge in [0.15, 0.2) is 0 Å². The highest BCUT2D eigenvalue weighted by molar-refractivity contribution is 6.30. The fraction of sp³-hybridized carbons (Fsp3) is 0.550. The predicted molar refractivity (Wildman–Crippen MR) is 198 cm³/mol. The summed E-state index contributed by atoms with van der Waals surface area (Å²) in [4.78, 5) is 4.63. The maximum absolute atomic E-state index is 11.1. The summed E-state index contributed by atoms with van der Waals surface area (Å²) in [5, 5.41) is 22.9. The first-order valence-electron chi connectivity index (χ1n) is 17.2. The van der Waals surface area contributed by atoms with E-state index in [1.165, 1.54) is 11.1 Å². The van der Waals surface area contributed by atoms with Crippen LogP contribution in [0.3, 0.4) is 0 Å². The summed E-state index contributed by atoms with van der Waals surface area (Å²) in [7, 11) is 4.17. The van der Waals surface area contributed by atoms with Gasteiger partial charge in [0.25, 0.3) is 0 Å². The van der Waals surface area contributed by atoms with Crippen molar-refractivity contribution >= 4 is 17.3 Å². The number of aryl methyl sites for hydroxylation is 1. The lowest BCUT2D eigenvalue weighted by Crippen LogP contribution is -2.44. The van der Waals surface area contributed by atoms with E-state index in [4.69, 9.17) is 16.3 Å². The molecule has 0 saturated heterocycles. The second kappa shape index (κ2) is 19.3. The first-order valence-corrected chi connectivity index (χ1v) is 17.6. The monoisotopic (exact) mass is 652 g/mol. The van der Waals surface area contributed by atoms with Gasteiger partial charge in [-0.3, -0.25) is 0 Å². The number of halogens is 1. The van der Waals surface area contributed by atoms with Crippen LogP contribution in [0.5, 0.6) is 5.75 Å². The maximum Gasteiger partial charge on any atom is 0.142 e. The highest BCUT2D eigenvalue weighted by atomic mass is 35.5. The molecule has 1 aliphatic heterocycles. The van der Waals surface area contributed by atoms with Crippen molar-refractivity contribution in [3.8, 4) is 5.75 Å². The van der Waals surface area contributed by atoms with Gasteiger partial charge in [-0.1, -0.05) is 81.8 Å². The smallest absolute Gasteiger partial charge is 0.142 e. The Kier molecular flexibility index (Phi) is 16.6. The Labute approximate surface area is 285 Å². The van der Waals surface area contributed by atoms with Crippen molar-refractivity contribution in [3.63, 3.8) is 0 Å². The number of ether oxygens (including phenoxy) is 1. The molecule has 1 saturated carbocycles. The first-order chi connectivity index (χ1) is 21.9. The Hall–Kier alpha value is -2.57. The average Bonchev–Trinajstić information content (AvgIpc) is 3.20. The van der Waals surface area contributed by atoms with Gasteiger partial charge < -0.3 is 24.7 Å². The summed E-state index contributed by atoms with van der Waals surface area (Å²) in [6, 6.07) is 12.7. The number of fused-ring (bicyclic) bond motifs is 1. The van der Waals surface area contributed by atoms with Crippen molar-refractivity contribution in [3.05, 3.63) is 95.6 Å². The van der Waals surface area contributed by atoms with Gasteiger partial charge in [0, 0.05) is 30.1 Å². The molecule has 0 radical (unpaired) electrons. The molecule has 0 spiro atoms. The first kappa shape index (κ1) is 39.6. The zero-order valence-corrected chi connectivity index (χ0v) is 30.6. The van der Waals surface area contributed by atoms with Gasteiger partial charge in [0.1, 0.15) is 11.4 Å². The Morgan fingerprint density at radius 3 is 2.43 bits per heavy atom. The summed E-state index contributed by atoms with van der Waals surface area (Å²) in [6.45, 7) is 21.4. The number of anilines is 1. The maximum atomic E-state index is 11.1. The third-order valence-electron chi connectivity index (χ3n) is 9.29. The Morgan fingerprint density at radius 2 is 1.85 bits per heavy atom. The van der Waals surface area contributed by atoms with E-state index in [9.17, 15) is 10.2 Å². The summed E-state index contributed by atoms with van der Waals surface area (Å²) < 4.78 is 6.47. The van der Waals surface area contributed by atoms with Gasteiger partial charge in [-0.2, -0.15) is 0 Å². The molecular formula is C40H61ClN2O3. The molecule has 2 aromatic rings. The molecule has 1 fully saturated rings. The van der Waals surface area contributed by atoms with Crippen molar-refractivity contribution in [2.45, 2.75) is 97.3 Å². The van der Waals surface area contributed by atoms with Crippen LogP contribution < -0.4 is 9.64 Å². The van der Waals surface area contributed by atoms with Crippen molar-refractivity contribution < 1.29 is 14.9 Å². The minimum absolute atomic E-state index is 0.167. The van der Waals surface area contributed by atoms with Crippen LogP contribution in [0.1, 0.15) is 89.8 Å². The molecule has 0 amide bonds. The molecule has 2 N–H and O–H groups in total. The van der Waals surface area contributed by atoms with Crippen LogP contribution in [-0.2, 0) is 12.0 Å². The molecule has 1 heterocycles. The number of hydrogen-bond donors (Lipinski definition) is 2. The van der Waals surface area contributed by atoms with Crippen LogP contribution in [0, 0.1) is 11.8 Å². The molecule has 5 nitrogen and oxygen atoms in total. The summed E-state index contributed by atoms with van der Waals surface area (Å²) in [5.74, 6) is 1.60. The Morgan fingerprint density at radius 1 is 1.15 bits per heavy atom. The number of nitrogens with zero attached hydrogens (tertiary/aromatic N) is 2. The Bertz CT molecular complexity index is 1260. The number of benzene rings is 2. The van der Waals surface area contributed by atoms with Crippen LogP contribution in [0.2, 0.25) is 5.02 Å². The summed E-state index contributed by atoms with van der Waals surface area (Å²) >= 11 is 6.40. The largest absolute Gasteiger partial charge is 0.491 e. The van der Waals surface area contributed by atoms with Gasteiger partial charge in [0.2, 0.25) is 0 Å². The number of hydrogen-bond acceptors (Lipinski definition) is 5. The van der Waals surface area contributed by atoms with E-state index in [0.717, 1.165) is 67.2 Å². The second-order valence-corrected chi connectivity index (χ2v) is 13.4. The van der Waals surface area contributed by atoms with Crippen LogP contribution in [0.4, 0.5) is 5.69 Å². The van der Waals surface area contributed by atoms with Gasteiger partial charge in [-0.05, 0) is 113 Å². The molecule has 6 heteroatoms. The van der Waals surface area contributed by atoms with Crippen molar-refractivity contribution in [2.75, 3.05) is 38.7 Å². The molecule has 256 valence electrons. The SMILES string of the molecule is C=CC.C=CC(C)(O)c1ccc2c(c1)N(CC1CCC1C(O)/C=C/CC(C)N(C)C)CC(c1ccc(Cl)cc1CCC)CO2.CC. The quantitative estimate of drug-likeness (QED) is 0.224. The zero-order chi connectivity index (χ0) is 34.4. The lowest BCUT2D eigenvalue weighted by molar-refractivity contribution is 0.0460. The minimum Gasteiger partial charge on any atom is -0.491 e.